The molecule has 0 saturated heterocycles. The van der Waals surface area contributed by atoms with Crippen LogP contribution in [0, 0.1) is 20.8 Å². The van der Waals surface area contributed by atoms with Crippen molar-refractivity contribution in [2.24, 2.45) is 0 Å². The van der Waals surface area contributed by atoms with E-state index in [1.807, 2.05) is 51.1 Å². The Bertz CT molecular complexity index is 886. The Morgan fingerprint density at radius 1 is 1.15 bits per heavy atom. The Kier molecular flexibility index (Phi) is 5.63. The second-order valence-electron chi connectivity index (χ2n) is 6.12. The van der Waals surface area contributed by atoms with Gasteiger partial charge in [0, 0.05) is 6.20 Å². The van der Waals surface area contributed by atoms with Gasteiger partial charge in [-0.25, -0.2) is 4.98 Å². The minimum Gasteiger partial charge on any atom is -0.493 e. The lowest BCUT2D eigenvalue weighted by Crippen LogP contribution is -2.15. The van der Waals surface area contributed by atoms with Gasteiger partial charge >= 0.3 is 0 Å². The Hall–Kier alpha value is -2.73. The van der Waals surface area contributed by atoms with Gasteiger partial charge in [-0.3, -0.25) is 9.78 Å². The molecule has 2 heterocycles. The third-order valence-electron chi connectivity index (χ3n) is 3.73. The van der Waals surface area contributed by atoms with E-state index in [9.17, 15) is 4.79 Å². The van der Waals surface area contributed by atoms with Crippen molar-refractivity contribution in [3.05, 3.63) is 59.4 Å². The Labute approximate surface area is 157 Å². The largest absolute Gasteiger partial charge is 0.493 e. The average molecular weight is 367 g/mol. The van der Waals surface area contributed by atoms with E-state index < -0.39 is 0 Å². The van der Waals surface area contributed by atoms with Crippen LogP contribution in [0.2, 0.25) is 0 Å². The first-order valence-corrected chi connectivity index (χ1v) is 9.22. The number of nitrogens with one attached hydrogen (secondary N) is 1. The molecule has 0 aliphatic heterocycles. The smallest absolute Gasteiger partial charge is 0.229 e. The van der Waals surface area contributed by atoms with Gasteiger partial charge in [0.1, 0.15) is 5.75 Å². The van der Waals surface area contributed by atoms with Gasteiger partial charge in [-0.05, 0) is 56.2 Å². The van der Waals surface area contributed by atoms with Crippen LogP contribution in [0.1, 0.15) is 23.2 Å². The molecule has 2 aromatic heterocycles. The lowest BCUT2D eigenvalue weighted by Gasteiger charge is -2.08. The number of ether oxygens (including phenoxy) is 1. The van der Waals surface area contributed by atoms with Crippen molar-refractivity contribution in [2.75, 3.05) is 11.9 Å². The van der Waals surface area contributed by atoms with Crippen LogP contribution in [-0.2, 0) is 4.79 Å². The maximum Gasteiger partial charge on any atom is 0.229 e. The van der Waals surface area contributed by atoms with Crippen LogP contribution in [0.4, 0.5) is 5.13 Å². The molecule has 0 bridgehead atoms. The van der Waals surface area contributed by atoms with E-state index in [0.717, 1.165) is 33.1 Å². The topological polar surface area (TPSA) is 64.1 Å². The number of hydrogen-bond acceptors (Lipinski definition) is 5. The molecule has 3 aromatic rings. The molecule has 0 fully saturated rings. The maximum atomic E-state index is 12.2. The fourth-order valence-corrected chi connectivity index (χ4v) is 3.60. The number of hydrogen-bond donors (Lipinski definition) is 1. The Morgan fingerprint density at radius 2 is 1.92 bits per heavy atom. The number of aromatic nitrogens is 2. The van der Waals surface area contributed by atoms with Gasteiger partial charge in [-0.2, -0.15) is 0 Å². The zero-order chi connectivity index (χ0) is 18.5. The van der Waals surface area contributed by atoms with Gasteiger partial charge < -0.3 is 10.1 Å². The van der Waals surface area contributed by atoms with Crippen LogP contribution >= 0.6 is 11.3 Å². The summed E-state index contributed by atoms with van der Waals surface area (Å²) in [5.74, 6) is 0.675. The molecule has 0 aliphatic carbocycles. The summed E-state index contributed by atoms with van der Waals surface area (Å²) in [6.07, 6.45) is 2.02. The van der Waals surface area contributed by atoms with Crippen molar-refractivity contribution in [1.82, 2.24) is 9.97 Å². The second kappa shape index (κ2) is 8.10. The first-order valence-electron chi connectivity index (χ1n) is 8.41. The van der Waals surface area contributed by atoms with E-state index >= 15 is 0 Å². The number of carbonyl (C=O) groups is 1. The summed E-state index contributed by atoms with van der Waals surface area (Å²) in [6, 6.07) is 11.8. The van der Waals surface area contributed by atoms with Crippen LogP contribution in [0.5, 0.6) is 5.75 Å². The minimum atomic E-state index is -0.115. The van der Waals surface area contributed by atoms with Crippen LogP contribution < -0.4 is 10.1 Å². The van der Waals surface area contributed by atoms with E-state index in [0.29, 0.717) is 11.7 Å². The molecular formula is C20H21N3O2S. The van der Waals surface area contributed by atoms with Crippen molar-refractivity contribution >= 4 is 22.4 Å². The maximum absolute atomic E-state index is 12.2. The number of benzene rings is 1. The lowest BCUT2D eigenvalue weighted by molar-refractivity contribution is -0.116. The van der Waals surface area contributed by atoms with Crippen LogP contribution in [0.15, 0.2) is 42.6 Å². The van der Waals surface area contributed by atoms with Gasteiger partial charge in [0.15, 0.2) is 5.13 Å². The number of pyridine rings is 1. The number of thiazole rings is 1. The van der Waals surface area contributed by atoms with Gasteiger partial charge in [-0.15, -0.1) is 0 Å². The van der Waals surface area contributed by atoms with Crippen LogP contribution in [-0.4, -0.2) is 22.5 Å². The molecule has 1 N–H and O–H groups in total. The number of aryl methyl sites for hydroxylation is 3. The number of amides is 1. The fraction of sp³-hybridized carbons (Fsp3) is 0.250. The quantitative estimate of drug-likeness (QED) is 0.695. The highest BCUT2D eigenvalue weighted by molar-refractivity contribution is 7.19. The van der Waals surface area contributed by atoms with Crippen LogP contribution in [0.25, 0.3) is 10.6 Å². The minimum absolute atomic E-state index is 0.115. The summed E-state index contributed by atoms with van der Waals surface area (Å²) in [6.45, 7) is 6.29. The lowest BCUT2D eigenvalue weighted by atomic mass is 10.1. The van der Waals surface area contributed by atoms with Crippen LogP contribution in [0.3, 0.4) is 0 Å². The summed E-state index contributed by atoms with van der Waals surface area (Å²) in [7, 11) is 0. The predicted molar refractivity (Wildman–Crippen MR) is 105 cm³/mol. The van der Waals surface area contributed by atoms with Gasteiger partial charge in [0.2, 0.25) is 5.91 Å². The molecule has 26 heavy (non-hydrogen) atoms. The molecule has 6 heteroatoms. The standard InChI is InChI=1S/C20H21N3O2S/c1-13-10-14(2)12-16(11-13)25-9-7-18(24)23-20-22-15(3)19(26-20)17-6-4-5-8-21-17/h4-6,8,10-12H,7,9H2,1-3H3,(H,22,23,24). The molecule has 0 spiro atoms. The molecule has 0 aliphatic rings. The highest BCUT2D eigenvalue weighted by Gasteiger charge is 2.12. The van der Waals surface area contributed by atoms with Crippen molar-refractivity contribution in [2.45, 2.75) is 27.2 Å². The number of rotatable bonds is 6. The van der Waals surface area contributed by atoms with Crippen molar-refractivity contribution in [3.63, 3.8) is 0 Å². The second-order valence-corrected chi connectivity index (χ2v) is 7.12. The van der Waals surface area contributed by atoms with E-state index in [2.05, 4.69) is 21.4 Å². The zero-order valence-corrected chi connectivity index (χ0v) is 15.9. The molecule has 0 unspecified atom stereocenters. The average Bonchev–Trinajstić information content (AvgIpc) is 2.95. The first kappa shape index (κ1) is 18.1. The molecule has 134 valence electrons. The van der Waals surface area contributed by atoms with Gasteiger partial charge in [0.05, 0.1) is 29.3 Å². The number of nitrogens with zero attached hydrogens (tertiary/aromatic N) is 2. The highest BCUT2D eigenvalue weighted by Crippen LogP contribution is 2.31. The van der Waals surface area contributed by atoms with Crippen molar-refractivity contribution < 1.29 is 9.53 Å². The van der Waals surface area contributed by atoms with Crippen molar-refractivity contribution in [3.8, 4) is 16.3 Å². The number of carbonyl (C=O) groups excluding carboxylic acids is 1. The number of anilines is 1. The summed E-state index contributed by atoms with van der Waals surface area (Å²) in [5.41, 5.74) is 4.01. The molecular weight excluding hydrogens is 346 g/mol. The van der Waals surface area contributed by atoms with E-state index in [1.165, 1.54) is 11.3 Å². The van der Waals surface area contributed by atoms with E-state index in [-0.39, 0.29) is 12.3 Å². The van der Waals surface area contributed by atoms with E-state index in [4.69, 9.17) is 4.74 Å². The first-order chi connectivity index (χ1) is 12.5. The molecule has 5 nitrogen and oxygen atoms in total. The SMILES string of the molecule is Cc1cc(C)cc(OCCC(=O)Nc2nc(C)c(-c3ccccn3)s2)c1. The molecule has 0 radical (unpaired) electrons. The third kappa shape index (κ3) is 4.67. The summed E-state index contributed by atoms with van der Waals surface area (Å²) >= 11 is 1.43. The van der Waals surface area contributed by atoms with E-state index in [1.54, 1.807) is 6.20 Å². The Morgan fingerprint density at radius 3 is 2.62 bits per heavy atom. The monoisotopic (exact) mass is 367 g/mol. The predicted octanol–water partition coefficient (Wildman–Crippen LogP) is 4.54. The van der Waals surface area contributed by atoms with Gasteiger partial charge in [-0.1, -0.05) is 23.5 Å². The molecule has 1 aromatic carbocycles. The highest BCUT2D eigenvalue weighted by atomic mass is 32.1. The fourth-order valence-electron chi connectivity index (χ4n) is 2.64. The zero-order valence-electron chi connectivity index (χ0n) is 15.1. The third-order valence-corrected chi connectivity index (χ3v) is 4.83. The normalized spacial score (nSPS) is 10.6. The van der Waals surface area contributed by atoms with Gasteiger partial charge in [0.25, 0.3) is 0 Å². The summed E-state index contributed by atoms with van der Waals surface area (Å²) < 4.78 is 5.69. The molecule has 0 atom stereocenters. The molecule has 3 rings (SSSR count). The Balaban J connectivity index is 1.55. The summed E-state index contributed by atoms with van der Waals surface area (Å²) in [5, 5.41) is 3.43. The summed E-state index contributed by atoms with van der Waals surface area (Å²) in [4.78, 5) is 21.9. The molecule has 1 amide bonds. The van der Waals surface area contributed by atoms with Crippen molar-refractivity contribution in [1.29, 1.82) is 0 Å². The molecule has 0 saturated carbocycles.